The third-order valence-corrected chi connectivity index (χ3v) is 9.63. The Morgan fingerprint density at radius 2 is 1.81 bits per heavy atom. The summed E-state index contributed by atoms with van der Waals surface area (Å²) in [5.41, 5.74) is -0.534. The molecule has 4 fully saturated rings. The van der Waals surface area contributed by atoms with E-state index in [9.17, 15) is 18.8 Å². The van der Waals surface area contributed by atoms with E-state index in [1.165, 1.54) is 45.7 Å². The summed E-state index contributed by atoms with van der Waals surface area (Å²) >= 11 is 0. The molecular formula is C18H19FN2O4S2. The molecule has 2 amide bonds. The van der Waals surface area contributed by atoms with Gasteiger partial charge in [-0.1, -0.05) is 33.7 Å². The minimum Gasteiger partial charge on any atom is -0.469 e. The summed E-state index contributed by atoms with van der Waals surface area (Å²) in [6.07, 6.45) is 0.136. The van der Waals surface area contributed by atoms with Crippen molar-refractivity contribution < 1.29 is 23.5 Å². The van der Waals surface area contributed by atoms with Gasteiger partial charge < -0.3 is 14.5 Å². The summed E-state index contributed by atoms with van der Waals surface area (Å²) in [6, 6.07) is 4.99. The molecule has 1 aromatic carbocycles. The van der Waals surface area contributed by atoms with Crippen LogP contribution in [0.2, 0.25) is 0 Å². The quantitative estimate of drug-likeness (QED) is 0.552. The third kappa shape index (κ3) is 2.12. The molecule has 4 heterocycles. The van der Waals surface area contributed by atoms with Crippen molar-refractivity contribution in [2.45, 2.75) is 36.1 Å². The summed E-state index contributed by atoms with van der Waals surface area (Å²) in [4.78, 5) is 40.3. The largest absolute Gasteiger partial charge is 0.469 e. The Morgan fingerprint density at radius 1 is 1.19 bits per heavy atom. The van der Waals surface area contributed by atoms with Gasteiger partial charge in [0.1, 0.15) is 5.82 Å². The van der Waals surface area contributed by atoms with E-state index < -0.39 is 33.0 Å². The van der Waals surface area contributed by atoms with E-state index in [-0.39, 0.29) is 18.2 Å². The standard InChI is InChI=1S/C18H19FN2O4S2/c1-16(15(24)25-4)9-18-14(23)20(3)17(2,26-27-18)13(22)21(18)12(16)10-5-7-11(19)8-6-10/h5-8,12H,9H2,1-4H3/t12?,16-,17?,18-/m0/s1. The van der Waals surface area contributed by atoms with Gasteiger partial charge in [-0.2, -0.15) is 0 Å². The topological polar surface area (TPSA) is 66.9 Å². The number of nitrogens with zero attached hydrogens (tertiary/aromatic N) is 2. The summed E-state index contributed by atoms with van der Waals surface area (Å²) < 4.78 is 18.5. The van der Waals surface area contributed by atoms with Gasteiger partial charge in [0.2, 0.25) is 0 Å². The van der Waals surface area contributed by atoms with Crippen molar-refractivity contribution in [1.29, 1.82) is 0 Å². The fraction of sp³-hybridized carbons (Fsp3) is 0.500. The Hall–Kier alpha value is -1.74. The highest BCUT2D eigenvalue weighted by Gasteiger charge is 2.76. The number of rotatable bonds is 2. The molecule has 4 saturated heterocycles. The molecule has 0 radical (unpaired) electrons. The van der Waals surface area contributed by atoms with Crippen LogP contribution in [0.25, 0.3) is 0 Å². The summed E-state index contributed by atoms with van der Waals surface area (Å²) in [7, 11) is 5.58. The van der Waals surface area contributed by atoms with E-state index in [1.54, 1.807) is 37.9 Å². The van der Waals surface area contributed by atoms with E-state index in [4.69, 9.17) is 4.74 Å². The molecule has 27 heavy (non-hydrogen) atoms. The smallest absolute Gasteiger partial charge is 0.314 e. The Bertz CT molecular complexity index is 865. The molecule has 0 saturated carbocycles. The first kappa shape index (κ1) is 18.6. The lowest BCUT2D eigenvalue weighted by Gasteiger charge is -2.57. The van der Waals surface area contributed by atoms with E-state index in [0.29, 0.717) is 5.56 Å². The van der Waals surface area contributed by atoms with Crippen LogP contribution >= 0.6 is 21.6 Å². The molecule has 4 aliphatic heterocycles. The second-order valence-corrected chi connectivity index (χ2v) is 10.3. The molecule has 5 rings (SSSR count). The van der Waals surface area contributed by atoms with Crippen molar-refractivity contribution >= 4 is 39.4 Å². The third-order valence-electron chi connectivity index (χ3n) is 5.93. The number of esters is 1. The molecule has 6 nitrogen and oxygen atoms in total. The number of ether oxygens (including phenoxy) is 1. The SMILES string of the molecule is COC(=O)[C@@]1(C)C[C@@]23SSC(C)(C(=O)N2C1c1ccc(F)cc1)N(C)C3=O. The molecule has 0 aliphatic carbocycles. The predicted octanol–water partition coefficient (Wildman–Crippen LogP) is 2.56. The van der Waals surface area contributed by atoms with Crippen molar-refractivity contribution in [3.8, 4) is 0 Å². The zero-order chi connectivity index (χ0) is 19.8. The zero-order valence-electron chi connectivity index (χ0n) is 15.3. The Labute approximate surface area is 164 Å². The maximum Gasteiger partial charge on any atom is 0.314 e. The number of carbonyl (C=O) groups is 3. The highest BCUT2D eigenvalue weighted by atomic mass is 33.1. The first-order chi connectivity index (χ1) is 12.6. The number of methoxy groups -OCH3 is 1. The normalized spacial score (nSPS) is 37.6. The summed E-state index contributed by atoms with van der Waals surface area (Å²) in [5.74, 6) is -1.34. The number of benzene rings is 1. The molecule has 4 aliphatic rings. The van der Waals surface area contributed by atoms with Gasteiger partial charge >= 0.3 is 5.97 Å². The van der Waals surface area contributed by atoms with Gasteiger partial charge in [-0.15, -0.1) is 0 Å². The predicted molar refractivity (Wildman–Crippen MR) is 99.8 cm³/mol. The molecule has 0 aromatic heterocycles. The van der Waals surface area contributed by atoms with Crippen LogP contribution in [-0.4, -0.2) is 51.5 Å². The van der Waals surface area contributed by atoms with Gasteiger partial charge in [0.15, 0.2) is 9.74 Å². The summed E-state index contributed by atoms with van der Waals surface area (Å²) in [6.45, 7) is 3.42. The van der Waals surface area contributed by atoms with Gasteiger partial charge in [0.25, 0.3) is 11.8 Å². The monoisotopic (exact) mass is 410 g/mol. The van der Waals surface area contributed by atoms with Crippen LogP contribution in [0, 0.1) is 11.2 Å². The highest BCUT2D eigenvalue weighted by molar-refractivity contribution is 8.78. The Kier molecular flexibility index (Phi) is 3.89. The number of hydrogen-bond donors (Lipinski definition) is 0. The lowest BCUT2D eigenvalue weighted by molar-refractivity contribution is -0.165. The molecule has 1 spiro atoms. The van der Waals surface area contributed by atoms with Crippen LogP contribution in [0.5, 0.6) is 0 Å². The van der Waals surface area contributed by atoms with Crippen LogP contribution in [-0.2, 0) is 19.1 Å². The number of fused-ring (bicyclic) bond motifs is 2. The van der Waals surface area contributed by atoms with Crippen molar-refractivity contribution in [3.05, 3.63) is 35.6 Å². The second-order valence-electron chi connectivity index (χ2n) is 7.51. The molecular weight excluding hydrogens is 391 g/mol. The van der Waals surface area contributed by atoms with Crippen LogP contribution in [0.3, 0.4) is 0 Å². The Balaban J connectivity index is 1.95. The first-order valence-corrected chi connectivity index (χ1v) is 10.6. The fourth-order valence-electron chi connectivity index (χ4n) is 4.38. The molecule has 4 atom stereocenters. The van der Waals surface area contributed by atoms with Gasteiger partial charge in [0, 0.05) is 13.5 Å². The number of hydrogen-bond acceptors (Lipinski definition) is 6. The average molecular weight is 410 g/mol. The Morgan fingerprint density at radius 3 is 2.41 bits per heavy atom. The number of likely N-dealkylation sites (N-methyl/N-ethyl adjacent to an activating group) is 1. The minimum atomic E-state index is -1.18. The first-order valence-electron chi connectivity index (χ1n) is 8.44. The maximum atomic E-state index is 13.5. The molecule has 1 aromatic rings. The van der Waals surface area contributed by atoms with Crippen LogP contribution in [0.15, 0.2) is 24.3 Å². The number of amides is 2. The van der Waals surface area contributed by atoms with Crippen molar-refractivity contribution in [3.63, 3.8) is 0 Å². The number of halogens is 1. The van der Waals surface area contributed by atoms with Gasteiger partial charge in [-0.3, -0.25) is 14.4 Å². The van der Waals surface area contributed by atoms with Crippen LogP contribution in [0.4, 0.5) is 4.39 Å². The fourth-order valence-corrected chi connectivity index (χ4v) is 7.96. The highest BCUT2D eigenvalue weighted by Crippen LogP contribution is 2.69. The molecule has 2 unspecified atom stereocenters. The lowest BCUT2D eigenvalue weighted by atomic mass is 9.78. The van der Waals surface area contributed by atoms with E-state index in [0.717, 1.165) is 0 Å². The van der Waals surface area contributed by atoms with Gasteiger partial charge in [0.05, 0.1) is 18.6 Å². The average Bonchev–Trinajstić information content (AvgIpc) is 2.94. The van der Waals surface area contributed by atoms with Gasteiger partial charge in [-0.25, -0.2) is 4.39 Å². The van der Waals surface area contributed by atoms with Crippen molar-refractivity contribution in [2.75, 3.05) is 14.2 Å². The molecule has 144 valence electrons. The molecule has 2 bridgehead atoms. The lowest BCUT2D eigenvalue weighted by Crippen LogP contribution is -2.73. The van der Waals surface area contributed by atoms with Crippen LogP contribution < -0.4 is 0 Å². The molecule has 9 heteroatoms. The van der Waals surface area contributed by atoms with Crippen molar-refractivity contribution in [2.24, 2.45) is 5.41 Å². The van der Waals surface area contributed by atoms with Crippen molar-refractivity contribution in [1.82, 2.24) is 9.80 Å². The van der Waals surface area contributed by atoms with E-state index in [1.807, 2.05) is 0 Å². The second kappa shape index (κ2) is 5.64. The van der Waals surface area contributed by atoms with E-state index in [2.05, 4.69) is 0 Å². The number of piperazine rings is 1. The van der Waals surface area contributed by atoms with Gasteiger partial charge in [-0.05, 0) is 31.5 Å². The van der Waals surface area contributed by atoms with E-state index >= 15 is 0 Å². The minimum absolute atomic E-state index is 0.136. The maximum absolute atomic E-state index is 13.5. The number of carbonyl (C=O) groups excluding carboxylic acids is 3. The van der Waals surface area contributed by atoms with Crippen LogP contribution in [0.1, 0.15) is 31.9 Å². The zero-order valence-corrected chi connectivity index (χ0v) is 16.9. The summed E-state index contributed by atoms with van der Waals surface area (Å²) in [5, 5.41) is 0. The molecule has 0 N–H and O–H groups in total.